The summed E-state index contributed by atoms with van der Waals surface area (Å²) in [5.41, 5.74) is 7.40. The Morgan fingerprint density at radius 2 is 1.89 bits per heavy atom. The lowest BCUT2D eigenvalue weighted by atomic mass is 10.1. The third-order valence-electron chi connectivity index (χ3n) is 3.92. The summed E-state index contributed by atoms with van der Waals surface area (Å²) in [6.07, 6.45) is 7.22. The third kappa shape index (κ3) is 4.04. The van der Waals surface area contributed by atoms with Gasteiger partial charge in [-0.1, -0.05) is 35.9 Å². The molecule has 0 fully saturated rings. The van der Waals surface area contributed by atoms with Crippen LogP contribution in [0.3, 0.4) is 0 Å². The van der Waals surface area contributed by atoms with E-state index in [-0.39, 0.29) is 0 Å². The molecular weight excluding hydrogens is 358 g/mol. The molecule has 0 amide bonds. The van der Waals surface area contributed by atoms with Gasteiger partial charge in [-0.3, -0.25) is 10.4 Å². The number of hydrogen-bond acceptors (Lipinski definition) is 4. The van der Waals surface area contributed by atoms with Gasteiger partial charge in [0, 0.05) is 34.7 Å². The topological polar surface area (TPSA) is 55.1 Å². The van der Waals surface area contributed by atoms with Crippen LogP contribution in [-0.4, -0.2) is 21.0 Å². The SMILES string of the molecule is Clc1cccc(N/N=C/c2cn(-c3ccccc3)nc2-c2cccnc2)c1. The molecule has 0 aliphatic carbocycles. The average molecular weight is 374 g/mol. The molecule has 0 aliphatic heterocycles. The zero-order chi connectivity index (χ0) is 18.5. The van der Waals surface area contributed by atoms with E-state index in [1.54, 1.807) is 18.6 Å². The van der Waals surface area contributed by atoms with Crippen LogP contribution in [-0.2, 0) is 0 Å². The number of pyridine rings is 1. The predicted molar refractivity (Wildman–Crippen MR) is 109 cm³/mol. The van der Waals surface area contributed by atoms with Crippen molar-refractivity contribution in [3.8, 4) is 16.9 Å². The molecule has 1 N–H and O–H groups in total. The van der Waals surface area contributed by atoms with Gasteiger partial charge in [-0.25, -0.2) is 4.68 Å². The van der Waals surface area contributed by atoms with E-state index in [1.165, 1.54) is 0 Å². The summed E-state index contributed by atoms with van der Waals surface area (Å²) in [4.78, 5) is 4.20. The first-order valence-electron chi connectivity index (χ1n) is 8.40. The molecule has 0 bridgehead atoms. The molecule has 0 unspecified atom stereocenters. The zero-order valence-electron chi connectivity index (χ0n) is 14.3. The van der Waals surface area contributed by atoms with E-state index in [1.807, 2.05) is 77.6 Å². The second-order valence-electron chi connectivity index (χ2n) is 5.84. The quantitative estimate of drug-likeness (QED) is 0.394. The molecule has 132 valence electrons. The Kier molecular flexibility index (Phi) is 4.94. The van der Waals surface area contributed by atoms with E-state index in [9.17, 15) is 0 Å². The van der Waals surface area contributed by atoms with E-state index >= 15 is 0 Å². The number of rotatable bonds is 5. The van der Waals surface area contributed by atoms with Crippen LogP contribution >= 0.6 is 11.6 Å². The van der Waals surface area contributed by atoms with Crippen molar-refractivity contribution in [1.29, 1.82) is 0 Å². The summed E-state index contributed by atoms with van der Waals surface area (Å²) >= 11 is 6.01. The van der Waals surface area contributed by atoms with Gasteiger partial charge in [0.15, 0.2) is 0 Å². The fourth-order valence-corrected chi connectivity index (χ4v) is 2.85. The Hall–Kier alpha value is -3.44. The van der Waals surface area contributed by atoms with Crippen molar-refractivity contribution in [2.75, 3.05) is 5.43 Å². The van der Waals surface area contributed by atoms with Crippen molar-refractivity contribution in [1.82, 2.24) is 14.8 Å². The summed E-state index contributed by atoms with van der Waals surface area (Å²) in [5.74, 6) is 0. The first-order chi connectivity index (χ1) is 13.3. The Morgan fingerprint density at radius 1 is 1.00 bits per heavy atom. The number of hydrogen-bond donors (Lipinski definition) is 1. The average Bonchev–Trinajstić information content (AvgIpc) is 3.14. The highest BCUT2D eigenvalue weighted by molar-refractivity contribution is 6.30. The zero-order valence-corrected chi connectivity index (χ0v) is 15.1. The molecule has 0 radical (unpaired) electrons. The summed E-state index contributed by atoms with van der Waals surface area (Å²) in [5, 5.41) is 9.72. The third-order valence-corrected chi connectivity index (χ3v) is 4.16. The number of benzene rings is 2. The predicted octanol–water partition coefficient (Wildman–Crippen LogP) is 5.03. The molecule has 0 saturated carbocycles. The summed E-state index contributed by atoms with van der Waals surface area (Å²) in [6, 6.07) is 21.2. The molecule has 2 aromatic heterocycles. The number of anilines is 1. The maximum atomic E-state index is 6.01. The molecular formula is C21H16ClN5. The van der Waals surface area contributed by atoms with E-state index in [2.05, 4.69) is 15.5 Å². The van der Waals surface area contributed by atoms with Crippen molar-refractivity contribution in [3.63, 3.8) is 0 Å². The van der Waals surface area contributed by atoms with Crippen molar-refractivity contribution in [3.05, 3.63) is 95.9 Å². The first kappa shape index (κ1) is 17.0. The maximum Gasteiger partial charge on any atom is 0.103 e. The highest BCUT2D eigenvalue weighted by Gasteiger charge is 2.11. The number of halogens is 1. The second kappa shape index (κ2) is 7.85. The van der Waals surface area contributed by atoms with Gasteiger partial charge >= 0.3 is 0 Å². The molecule has 0 aliphatic rings. The number of aromatic nitrogens is 3. The van der Waals surface area contributed by atoms with E-state index in [0.717, 1.165) is 28.2 Å². The Balaban J connectivity index is 1.68. The van der Waals surface area contributed by atoms with Crippen LogP contribution in [0.2, 0.25) is 5.02 Å². The van der Waals surface area contributed by atoms with Crippen molar-refractivity contribution in [2.24, 2.45) is 5.10 Å². The maximum absolute atomic E-state index is 6.01. The summed E-state index contributed by atoms with van der Waals surface area (Å²) in [7, 11) is 0. The van der Waals surface area contributed by atoms with Gasteiger partial charge in [0.2, 0.25) is 0 Å². The molecule has 0 atom stereocenters. The van der Waals surface area contributed by atoms with Crippen LogP contribution in [0.5, 0.6) is 0 Å². The molecule has 2 aromatic carbocycles. The smallest absolute Gasteiger partial charge is 0.103 e. The van der Waals surface area contributed by atoms with E-state index < -0.39 is 0 Å². The standard InChI is InChI=1S/C21H16ClN5/c22-18-7-4-8-19(12-18)25-24-14-17-15-27(20-9-2-1-3-10-20)26-21(17)16-6-5-11-23-13-16/h1-15,25H/b24-14+. The Bertz CT molecular complexity index is 1060. The van der Waals surface area contributed by atoms with Crippen LogP contribution in [0.15, 0.2) is 90.4 Å². The minimum Gasteiger partial charge on any atom is -0.278 e. The van der Waals surface area contributed by atoms with Crippen LogP contribution < -0.4 is 5.43 Å². The number of nitrogens with zero attached hydrogens (tertiary/aromatic N) is 4. The van der Waals surface area contributed by atoms with Crippen LogP contribution in [0.4, 0.5) is 5.69 Å². The van der Waals surface area contributed by atoms with Crippen molar-refractivity contribution < 1.29 is 0 Å². The first-order valence-corrected chi connectivity index (χ1v) is 8.77. The lowest BCUT2D eigenvalue weighted by Gasteiger charge is -2.00. The lowest BCUT2D eigenvalue weighted by molar-refractivity contribution is 0.884. The second-order valence-corrected chi connectivity index (χ2v) is 6.27. The van der Waals surface area contributed by atoms with Crippen LogP contribution in [0.25, 0.3) is 16.9 Å². The molecule has 27 heavy (non-hydrogen) atoms. The van der Waals surface area contributed by atoms with Crippen molar-refractivity contribution in [2.45, 2.75) is 0 Å². The van der Waals surface area contributed by atoms with Crippen molar-refractivity contribution >= 4 is 23.5 Å². The Labute approximate surface area is 162 Å². The van der Waals surface area contributed by atoms with Gasteiger partial charge in [0.05, 0.1) is 17.6 Å². The number of nitrogens with one attached hydrogen (secondary N) is 1. The number of hydrazone groups is 1. The molecule has 0 saturated heterocycles. The molecule has 2 heterocycles. The van der Waals surface area contributed by atoms with Gasteiger partial charge in [-0.15, -0.1) is 0 Å². The molecule has 4 aromatic rings. The largest absolute Gasteiger partial charge is 0.278 e. The van der Waals surface area contributed by atoms with Gasteiger partial charge < -0.3 is 0 Å². The highest BCUT2D eigenvalue weighted by atomic mass is 35.5. The van der Waals surface area contributed by atoms with Gasteiger partial charge in [-0.2, -0.15) is 10.2 Å². The van der Waals surface area contributed by atoms with Crippen LogP contribution in [0.1, 0.15) is 5.56 Å². The monoisotopic (exact) mass is 373 g/mol. The molecule has 0 spiro atoms. The number of para-hydroxylation sites is 1. The van der Waals surface area contributed by atoms with Crippen LogP contribution in [0, 0.1) is 0 Å². The molecule has 4 rings (SSSR count). The van der Waals surface area contributed by atoms with E-state index in [0.29, 0.717) is 5.02 Å². The molecule has 6 heteroatoms. The Morgan fingerprint density at radius 3 is 2.67 bits per heavy atom. The normalized spacial score (nSPS) is 11.0. The fraction of sp³-hybridized carbons (Fsp3) is 0. The highest BCUT2D eigenvalue weighted by Crippen LogP contribution is 2.22. The fourth-order valence-electron chi connectivity index (χ4n) is 2.66. The van der Waals surface area contributed by atoms with Gasteiger partial charge in [0.1, 0.15) is 5.69 Å². The minimum absolute atomic E-state index is 0.656. The van der Waals surface area contributed by atoms with Gasteiger partial charge in [-0.05, 0) is 42.5 Å². The van der Waals surface area contributed by atoms with Gasteiger partial charge in [0.25, 0.3) is 0 Å². The lowest BCUT2D eigenvalue weighted by Crippen LogP contribution is -1.94. The summed E-state index contributed by atoms with van der Waals surface area (Å²) < 4.78 is 1.84. The minimum atomic E-state index is 0.656. The summed E-state index contributed by atoms with van der Waals surface area (Å²) in [6.45, 7) is 0. The molecule has 5 nitrogen and oxygen atoms in total. The van der Waals surface area contributed by atoms with E-state index in [4.69, 9.17) is 16.7 Å².